The number of benzene rings is 3. The van der Waals surface area contributed by atoms with E-state index in [0.29, 0.717) is 11.0 Å². The molecule has 2 heterocycles. The first kappa shape index (κ1) is 21.8. The van der Waals surface area contributed by atoms with Crippen molar-refractivity contribution in [3.8, 4) is 5.75 Å². The molecular formula is C25H14BrF2NO5. The number of phenolic OH excluding ortho intramolecular Hbond substituents is 1. The first-order valence-electron chi connectivity index (χ1n) is 9.99. The lowest BCUT2D eigenvalue weighted by Crippen LogP contribution is -2.31. The number of phenols is 1. The summed E-state index contributed by atoms with van der Waals surface area (Å²) in [5, 5.41) is 21.4. The molecule has 1 aliphatic rings. The molecule has 3 aromatic carbocycles. The minimum atomic E-state index is -1.24. The Morgan fingerprint density at radius 2 is 1.76 bits per heavy atom. The zero-order valence-corrected chi connectivity index (χ0v) is 18.7. The number of amides is 1. The molecule has 34 heavy (non-hydrogen) atoms. The molecule has 4 aromatic rings. The molecule has 2 N–H and O–H groups in total. The number of Topliss-reactive ketones (excluding diaryl/α,β-unsaturated/α-hetero) is 1. The predicted octanol–water partition coefficient (Wildman–Crippen LogP) is 5.96. The number of furan rings is 1. The van der Waals surface area contributed by atoms with Crippen LogP contribution in [0.4, 0.5) is 14.5 Å². The summed E-state index contributed by atoms with van der Waals surface area (Å²) < 4.78 is 34.0. The molecule has 0 fully saturated rings. The number of carbonyl (C=O) groups is 2. The van der Waals surface area contributed by atoms with Gasteiger partial charge in [-0.15, -0.1) is 0 Å². The van der Waals surface area contributed by atoms with Crippen molar-refractivity contribution >= 4 is 44.3 Å². The number of aliphatic hydroxyl groups is 1. The van der Waals surface area contributed by atoms with Gasteiger partial charge in [-0.2, -0.15) is 0 Å². The molecule has 0 radical (unpaired) electrons. The maximum absolute atomic E-state index is 14.0. The van der Waals surface area contributed by atoms with Crippen LogP contribution >= 0.6 is 15.9 Å². The van der Waals surface area contributed by atoms with E-state index in [4.69, 9.17) is 4.42 Å². The first-order valence-corrected chi connectivity index (χ1v) is 10.8. The van der Waals surface area contributed by atoms with Crippen molar-refractivity contribution in [2.45, 2.75) is 6.04 Å². The van der Waals surface area contributed by atoms with E-state index in [9.17, 15) is 28.6 Å². The summed E-state index contributed by atoms with van der Waals surface area (Å²) in [5.41, 5.74) is 0.283. The molecule has 1 unspecified atom stereocenters. The molecule has 0 bridgehead atoms. The van der Waals surface area contributed by atoms with E-state index >= 15 is 0 Å². The highest BCUT2D eigenvalue weighted by molar-refractivity contribution is 9.10. The summed E-state index contributed by atoms with van der Waals surface area (Å²) in [4.78, 5) is 27.6. The minimum Gasteiger partial charge on any atom is -0.508 e. The van der Waals surface area contributed by atoms with E-state index in [1.165, 1.54) is 30.3 Å². The second kappa shape index (κ2) is 8.11. The Bertz CT molecular complexity index is 1530. The van der Waals surface area contributed by atoms with E-state index in [0.717, 1.165) is 27.6 Å². The molecule has 0 spiro atoms. The van der Waals surface area contributed by atoms with Gasteiger partial charge >= 0.3 is 0 Å². The molecule has 1 aliphatic heterocycles. The lowest BCUT2D eigenvalue weighted by molar-refractivity contribution is -0.117. The van der Waals surface area contributed by atoms with Crippen LogP contribution < -0.4 is 4.90 Å². The van der Waals surface area contributed by atoms with Crippen LogP contribution in [0.15, 0.2) is 87.0 Å². The Hall–Kier alpha value is -3.98. The average molecular weight is 526 g/mol. The predicted molar refractivity (Wildman–Crippen MR) is 123 cm³/mol. The van der Waals surface area contributed by atoms with E-state index in [1.807, 2.05) is 0 Å². The molecule has 170 valence electrons. The van der Waals surface area contributed by atoms with Gasteiger partial charge in [0.1, 0.15) is 11.3 Å². The Morgan fingerprint density at radius 1 is 0.971 bits per heavy atom. The zero-order chi connectivity index (χ0) is 24.1. The van der Waals surface area contributed by atoms with Gasteiger partial charge in [0.15, 0.2) is 23.2 Å². The van der Waals surface area contributed by atoms with Crippen LogP contribution in [-0.4, -0.2) is 21.9 Å². The van der Waals surface area contributed by atoms with E-state index in [1.54, 1.807) is 18.2 Å². The lowest BCUT2D eigenvalue weighted by Gasteiger charge is -2.27. The number of fused-ring (bicyclic) bond motifs is 1. The Labute approximate surface area is 199 Å². The fourth-order valence-electron chi connectivity index (χ4n) is 4.01. The average Bonchev–Trinajstić information content (AvgIpc) is 3.34. The summed E-state index contributed by atoms with van der Waals surface area (Å²) in [6.45, 7) is 0. The van der Waals surface area contributed by atoms with Crippen LogP contribution in [0.1, 0.15) is 22.2 Å². The fourth-order valence-corrected chi connectivity index (χ4v) is 4.39. The van der Waals surface area contributed by atoms with Gasteiger partial charge in [0, 0.05) is 21.6 Å². The number of rotatable bonds is 4. The van der Waals surface area contributed by atoms with Gasteiger partial charge < -0.3 is 14.6 Å². The highest BCUT2D eigenvalue weighted by Crippen LogP contribution is 2.43. The van der Waals surface area contributed by atoms with E-state index < -0.39 is 35.1 Å². The molecule has 1 atom stereocenters. The van der Waals surface area contributed by atoms with Crippen molar-refractivity contribution in [3.05, 3.63) is 105 Å². The summed E-state index contributed by atoms with van der Waals surface area (Å²) in [6, 6.07) is 13.9. The number of aliphatic hydroxyl groups excluding tert-OH is 1. The smallest absolute Gasteiger partial charge is 0.294 e. The highest BCUT2D eigenvalue weighted by atomic mass is 79.9. The van der Waals surface area contributed by atoms with Gasteiger partial charge in [0.25, 0.3) is 5.91 Å². The van der Waals surface area contributed by atoms with Crippen molar-refractivity contribution in [1.29, 1.82) is 0 Å². The molecule has 0 aliphatic carbocycles. The number of hydrogen-bond acceptors (Lipinski definition) is 5. The molecule has 0 saturated heterocycles. The van der Waals surface area contributed by atoms with Gasteiger partial charge in [-0.1, -0.05) is 28.1 Å². The summed E-state index contributed by atoms with van der Waals surface area (Å²) in [5.74, 6) is -5.21. The van der Waals surface area contributed by atoms with Crippen LogP contribution in [0.25, 0.3) is 11.0 Å². The third kappa shape index (κ3) is 3.54. The molecule has 0 saturated carbocycles. The first-order chi connectivity index (χ1) is 16.2. The van der Waals surface area contributed by atoms with Crippen molar-refractivity contribution in [2.75, 3.05) is 4.90 Å². The number of carbonyl (C=O) groups excluding carboxylic acids is 2. The molecule has 6 nitrogen and oxygen atoms in total. The summed E-state index contributed by atoms with van der Waals surface area (Å²) in [6.07, 6.45) is 0. The van der Waals surface area contributed by atoms with Crippen molar-refractivity contribution in [2.24, 2.45) is 0 Å². The topological polar surface area (TPSA) is 91.0 Å². The largest absolute Gasteiger partial charge is 0.508 e. The number of nitrogens with zero attached hydrogens (tertiary/aromatic N) is 1. The second-order valence-electron chi connectivity index (χ2n) is 7.66. The number of hydrogen-bond donors (Lipinski definition) is 2. The Balaban J connectivity index is 1.67. The molecule has 5 rings (SSSR count). The van der Waals surface area contributed by atoms with E-state index in [2.05, 4.69) is 15.9 Å². The Kier molecular flexibility index (Phi) is 5.21. The second-order valence-corrected chi connectivity index (χ2v) is 8.57. The van der Waals surface area contributed by atoms with Crippen LogP contribution in [-0.2, 0) is 4.79 Å². The monoisotopic (exact) mass is 525 g/mol. The van der Waals surface area contributed by atoms with Crippen LogP contribution in [0, 0.1) is 11.6 Å². The normalized spacial score (nSPS) is 16.0. The standard InChI is InChI=1S/C25H14BrF2NO5/c26-14-4-7-19-13(8-14)10-20(34-19)23(31)21-22(12-2-1-3-16(30)9-12)29(25(33)24(21)32)15-5-6-17(27)18(28)11-15/h1-11,22,30,32H. The summed E-state index contributed by atoms with van der Waals surface area (Å²) in [7, 11) is 0. The van der Waals surface area contributed by atoms with Crippen LogP contribution in [0.5, 0.6) is 5.75 Å². The van der Waals surface area contributed by atoms with Crippen LogP contribution in [0.2, 0.25) is 0 Å². The van der Waals surface area contributed by atoms with Crippen LogP contribution in [0.3, 0.4) is 0 Å². The zero-order valence-electron chi connectivity index (χ0n) is 17.1. The highest BCUT2D eigenvalue weighted by Gasteiger charge is 2.45. The fraction of sp³-hybridized carbons (Fsp3) is 0.0400. The molecule has 9 heteroatoms. The number of aromatic hydroxyl groups is 1. The van der Waals surface area contributed by atoms with Gasteiger partial charge in [-0.3, -0.25) is 14.5 Å². The lowest BCUT2D eigenvalue weighted by atomic mass is 9.94. The van der Waals surface area contributed by atoms with E-state index in [-0.39, 0.29) is 28.3 Å². The van der Waals surface area contributed by atoms with Crippen molar-refractivity contribution in [1.82, 2.24) is 0 Å². The molecular weight excluding hydrogens is 512 g/mol. The number of ketones is 1. The number of anilines is 1. The third-order valence-electron chi connectivity index (χ3n) is 5.52. The Morgan fingerprint density at radius 3 is 2.50 bits per heavy atom. The quantitative estimate of drug-likeness (QED) is 0.320. The van der Waals surface area contributed by atoms with Crippen molar-refractivity contribution in [3.63, 3.8) is 0 Å². The van der Waals surface area contributed by atoms with Gasteiger partial charge in [-0.05, 0) is 54.1 Å². The van der Waals surface area contributed by atoms with Gasteiger partial charge in [0.2, 0.25) is 5.78 Å². The molecule has 1 aromatic heterocycles. The molecule has 1 amide bonds. The third-order valence-corrected chi connectivity index (χ3v) is 6.02. The van der Waals surface area contributed by atoms with Gasteiger partial charge in [-0.25, -0.2) is 8.78 Å². The summed E-state index contributed by atoms with van der Waals surface area (Å²) >= 11 is 3.35. The minimum absolute atomic E-state index is 0.0832. The van der Waals surface area contributed by atoms with Gasteiger partial charge in [0.05, 0.1) is 11.6 Å². The van der Waals surface area contributed by atoms with Crippen molar-refractivity contribution < 1.29 is 33.0 Å². The SMILES string of the molecule is O=C(C1=C(O)C(=O)N(c2ccc(F)c(F)c2)C1c1cccc(O)c1)c1cc2cc(Br)ccc2o1. The number of halogens is 3. The maximum Gasteiger partial charge on any atom is 0.294 e. The maximum atomic E-state index is 14.0.